The summed E-state index contributed by atoms with van der Waals surface area (Å²) in [5.41, 5.74) is 1.02. The van der Waals surface area contributed by atoms with Crippen LogP contribution in [0.5, 0.6) is 0 Å². The van der Waals surface area contributed by atoms with Crippen molar-refractivity contribution in [2.45, 2.75) is 26.5 Å². The molecule has 0 aromatic carbocycles. The smallest absolute Gasteiger partial charge is 0.126 e. The Morgan fingerprint density at radius 1 is 1.50 bits per heavy atom. The topological polar surface area (TPSA) is 48.4 Å². The predicted octanol–water partition coefficient (Wildman–Crippen LogP) is 1.33. The van der Waals surface area contributed by atoms with E-state index >= 15 is 0 Å². The van der Waals surface area contributed by atoms with Gasteiger partial charge in [0, 0.05) is 19.6 Å². The lowest BCUT2D eigenvalue weighted by Crippen LogP contribution is -2.27. The van der Waals surface area contributed by atoms with Crippen molar-refractivity contribution in [3.8, 4) is 0 Å². The first-order valence-corrected chi connectivity index (χ1v) is 5.68. The summed E-state index contributed by atoms with van der Waals surface area (Å²) in [4.78, 5) is 6.53. The lowest BCUT2D eigenvalue weighted by Gasteiger charge is -2.18. The lowest BCUT2D eigenvalue weighted by atomic mass is 10.3. The third kappa shape index (κ3) is 4.59. The fourth-order valence-electron chi connectivity index (χ4n) is 1.64. The van der Waals surface area contributed by atoms with Crippen LogP contribution in [-0.2, 0) is 6.54 Å². The Labute approximate surface area is 97.3 Å². The molecule has 4 heteroatoms. The second-order valence-corrected chi connectivity index (χ2v) is 4.09. The monoisotopic (exact) mass is 223 g/mol. The molecule has 0 fully saturated rings. The highest BCUT2D eigenvalue weighted by Gasteiger charge is 2.05. The van der Waals surface area contributed by atoms with Crippen LogP contribution < -0.4 is 5.32 Å². The van der Waals surface area contributed by atoms with Gasteiger partial charge in [-0.25, -0.2) is 4.98 Å². The number of hydrogen-bond acceptors (Lipinski definition) is 4. The molecule has 0 spiro atoms. The van der Waals surface area contributed by atoms with Gasteiger partial charge >= 0.3 is 0 Å². The van der Waals surface area contributed by atoms with Crippen molar-refractivity contribution in [1.82, 2.24) is 9.88 Å². The molecular formula is C12H21N3O. The first-order chi connectivity index (χ1) is 7.61. The first kappa shape index (κ1) is 12.9. The Morgan fingerprint density at radius 3 is 2.88 bits per heavy atom. The zero-order valence-corrected chi connectivity index (χ0v) is 10.3. The Kier molecular flexibility index (Phi) is 5.22. The number of hydrogen-bond donors (Lipinski definition) is 2. The van der Waals surface area contributed by atoms with Crippen molar-refractivity contribution < 1.29 is 5.11 Å². The van der Waals surface area contributed by atoms with E-state index in [4.69, 9.17) is 0 Å². The van der Waals surface area contributed by atoms with Crippen molar-refractivity contribution >= 4 is 5.82 Å². The molecule has 1 aromatic heterocycles. The molecule has 16 heavy (non-hydrogen) atoms. The zero-order valence-electron chi connectivity index (χ0n) is 10.3. The lowest BCUT2D eigenvalue weighted by molar-refractivity contribution is 0.138. The van der Waals surface area contributed by atoms with Crippen molar-refractivity contribution in [3.63, 3.8) is 0 Å². The third-order valence-corrected chi connectivity index (χ3v) is 2.17. The maximum atomic E-state index is 9.27. The number of aliphatic hydroxyl groups excluding tert-OH is 1. The Hall–Kier alpha value is -1.13. The summed E-state index contributed by atoms with van der Waals surface area (Å²) in [6.45, 7) is 6.13. The first-order valence-electron chi connectivity index (χ1n) is 5.68. The number of pyridine rings is 1. The van der Waals surface area contributed by atoms with Crippen molar-refractivity contribution in [3.05, 3.63) is 23.9 Å². The summed E-state index contributed by atoms with van der Waals surface area (Å²) in [6.07, 6.45) is -0.304. The minimum absolute atomic E-state index is 0.304. The Morgan fingerprint density at radius 2 is 2.25 bits per heavy atom. The fraction of sp³-hybridized carbons (Fsp3) is 0.583. The van der Waals surface area contributed by atoms with E-state index in [1.807, 2.05) is 32.2 Å². The normalized spacial score (nSPS) is 12.8. The molecule has 0 radical (unpaired) electrons. The molecule has 0 amide bonds. The number of nitrogens with zero attached hydrogens (tertiary/aromatic N) is 2. The van der Waals surface area contributed by atoms with Gasteiger partial charge in [0.1, 0.15) is 5.82 Å². The van der Waals surface area contributed by atoms with E-state index < -0.39 is 0 Å². The van der Waals surface area contributed by atoms with Crippen LogP contribution in [0.25, 0.3) is 0 Å². The standard InChI is InChI=1S/C12H21N3O/c1-4-13-12-7-5-6-11(14-12)9-15(3)8-10(2)16/h5-7,10,16H,4,8-9H2,1-3H3,(H,13,14). The number of nitrogens with one attached hydrogen (secondary N) is 1. The summed E-state index contributed by atoms with van der Waals surface area (Å²) in [7, 11) is 1.98. The molecule has 0 aliphatic carbocycles. The molecule has 0 aliphatic rings. The van der Waals surface area contributed by atoms with Gasteiger partial charge in [-0.2, -0.15) is 0 Å². The van der Waals surface area contributed by atoms with Gasteiger partial charge in [-0.3, -0.25) is 4.90 Å². The summed E-state index contributed by atoms with van der Waals surface area (Å²) >= 11 is 0. The van der Waals surface area contributed by atoms with Gasteiger partial charge in [-0.15, -0.1) is 0 Å². The molecule has 1 unspecified atom stereocenters. The molecule has 4 nitrogen and oxygen atoms in total. The average Bonchev–Trinajstić information content (AvgIpc) is 2.17. The largest absolute Gasteiger partial charge is 0.392 e. The van der Waals surface area contributed by atoms with Crippen molar-refractivity contribution in [2.75, 3.05) is 25.5 Å². The highest BCUT2D eigenvalue weighted by atomic mass is 16.3. The number of aromatic nitrogens is 1. The highest BCUT2D eigenvalue weighted by molar-refractivity contribution is 5.34. The summed E-state index contributed by atoms with van der Waals surface area (Å²) < 4.78 is 0. The summed E-state index contributed by atoms with van der Waals surface area (Å²) in [6, 6.07) is 5.96. The molecule has 1 rings (SSSR count). The maximum Gasteiger partial charge on any atom is 0.126 e. The van der Waals surface area contributed by atoms with Crippen LogP contribution >= 0.6 is 0 Å². The van der Waals surface area contributed by atoms with Crippen LogP contribution in [0, 0.1) is 0 Å². The highest BCUT2D eigenvalue weighted by Crippen LogP contribution is 2.06. The van der Waals surface area contributed by atoms with Gasteiger partial charge in [0.05, 0.1) is 11.8 Å². The molecule has 0 saturated carbocycles. The van der Waals surface area contributed by atoms with Crippen LogP contribution in [0.4, 0.5) is 5.82 Å². The van der Waals surface area contributed by atoms with Crippen LogP contribution in [0.15, 0.2) is 18.2 Å². The van der Waals surface area contributed by atoms with Gasteiger partial charge in [0.25, 0.3) is 0 Å². The number of aliphatic hydroxyl groups is 1. The molecule has 1 aromatic rings. The minimum atomic E-state index is -0.304. The van der Waals surface area contributed by atoms with E-state index in [1.54, 1.807) is 6.92 Å². The molecule has 2 N–H and O–H groups in total. The van der Waals surface area contributed by atoms with E-state index in [0.29, 0.717) is 6.54 Å². The average molecular weight is 223 g/mol. The zero-order chi connectivity index (χ0) is 12.0. The second-order valence-electron chi connectivity index (χ2n) is 4.09. The molecule has 90 valence electrons. The van der Waals surface area contributed by atoms with Crippen molar-refractivity contribution in [1.29, 1.82) is 0 Å². The number of rotatable bonds is 6. The predicted molar refractivity (Wildman–Crippen MR) is 66.4 cm³/mol. The quantitative estimate of drug-likeness (QED) is 0.764. The van der Waals surface area contributed by atoms with Gasteiger partial charge < -0.3 is 10.4 Å². The fourth-order valence-corrected chi connectivity index (χ4v) is 1.64. The number of likely N-dealkylation sites (N-methyl/N-ethyl adjacent to an activating group) is 1. The SMILES string of the molecule is CCNc1cccc(CN(C)CC(C)O)n1. The van der Waals surface area contributed by atoms with Crippen LogP contribution in [0.1, 0.15) is 19.5 Å². The summed E-state index contributed by atoms with van der Waals surface area (Å²) in [5.74, 6) is 0.908. The van der Waals surface area contributed by atoms with E-state index in [-0.39, 0.29) is 6.10 Å². The van der Waals surface area contributed by atoms with E-state index in [9.17, 15) is 5.11 Å². The molecule has 1 heterocycles. The molecule has 1 atom stereocenters. The number of anilines is 1. The third-order valence-electron chi connectivity index (χ3n) is 2.17. The van der Waals surface area contributed by atoms with Crippen LogP contribution in [-0.4, -0.2) is 41.2 Å². The van der Waals surface area contributed by atoms with Gasteiger partial charge in [-0.1, -0.05) is 6.07 Å². The molecule has 0 aliphatic heterocycles. The molecule has 0 saturated heterocycles. The van der Waals surface area contributed by atoms with E-state index in [0.717, 1.165) is 24.6 Å². The summed E-state index contributed by atoms with van der Waals surface area (Å²) in [5, 5.41) is 12.4. The van der Waals surface area contributed by atoms with Crippen molar-refractivity contribution in [2.24, 2.45) is 0 Å². The van der Waals surface area contributed by atoms with Gasteiger partial charge in [-0.05, 0) is 33.0 Å². The van der Waals surface area contributed by atoms with Gasteiger partial charge in [0.15, 0.2) is 0 Å². The minimum Gasteiger partial charge on any atom is -0.392 e. The Bertz CT molecular complexity index is 315. The van der Waals surface area contributed by atoms with Crippen LogP contribution in [0.3, 0.4) is 0 Å². The van der Waals surface area contributed by atoms with Crippen LogP contribution in [0.2, 0.25) is 0 Å². The molecular weight excluding hydrogens is 202 g/mol. The second kappa shape index (κ2) is 6.45. The Balaban J connectivity index is 2.55. The van der Waals surface area contributed by atoms with E-state index in [1.165, 1.54) is 0 Å². The maximum absolute atomic E-state index is 9.27. The van der Waals surface area contributed by atoms with Gasteiger partial charge in [0.2, 0.25) is 0 Å². The van der Waals surface area contributed by atoms with E-state index in [2.05, 4.69) is 15.2 Å². The molecule has 0 bridgehead atoms.